The summed E-state index contributed by atoms with van der Waals surface area (Å²) in [5.41, 5.74) is 0. The van der Waals surface area contributed by atoms with E-state index in [1.165, 1.54) is 0 Å². The quantitative estimate of drug-likeness (QED) is 0.542. The molecule has 0 aliphatic rings. The number of hydrogen-bond acceptors (Lipinski definition) is 2. The third-order valence-corrected chi connectivity index (χ3v) is 1.06. The summed E-state index contributed by atoms with van der Waals surface area (Å²) >= 11 is 0. The minimum absolute atomic E-state index is 0.283. The molecule has 3 nitrogen and oxygen atoms in total. The molecule has 1 unspecified atom stereocenters. The fraction of sp³-hybridized carbons (Fsp3) is 0.833. The summed E-state index contributed by atoms with van der Waals surface area (Å²) in [7, 11) is 5.20. The summed E-state index contributed by atoms with van der Waals surface area (Å²) in [5, 5.41) is 11.3. The average Bonchev–Trinajstić information content (AvgIpc) is 1.82. The molecule has 0 aromatic heterocycles. The first kappa shape index (κ1) is 9.49. The van der Waals surface area contributed by atoms with Gasteiger partial charge in [0.25, 0.3) is 5.97 Å². The van der Waals surface area contributed by atoms with Crippen LogP contribution in [0, 0.1) is 0 Å². The molecule has 0 bridgehead atoms. The smallest absolute Gasteiger partial charge is 0.298 e. The van der Waals surface area contributed by atoms with Crippen molar-refractivity contribution in [1.29, 1.82) is 0 Å². The van der Waals surface area contributed by atoms with Gasteiger partial charge in [-0.15, -0.1) is 0 Å². The molecular formula is C6H12BNO2. The van der Waals surface area contributed by atoms with E-state index >= 15 is 0 Å². The molecule has 10 heavy (non-hydrogen) atoms. The van der Waals surface area contributed by atoms with Gasteiger partial charge in [-0.2, -0.15) is 0 Å². The number of rotatable bonds is 4. The zero-order valence-corrected chi connectivity index (χ0v) is 6.29. The second kappa shape index (κ2) is 4.33. The second-order valence-electron chi connectivity index (χ2n) is 2.51. The van der Waals surface area contributed by atoms with Gasteiger partial charge in [-0.05, 0) is 0 Å². The summed E-state index contributed by atoms with van der Waals surface area (Å²) < 4.78 is 0. The maximum atomic E-state index is 10.1. The normalized spacial score (nSPS) is 13.5. The van der Waals surface area contributed by atoms with Crippen molar-refractivity contribution in [3.05, 3.63) is 0 Å². The predicted octanol–water partition coefficient (Wildman–Crippen LogP) is 0.0260. The molecule has 56 valence electrons. The Kier molecular flexibility index (Phi) is 4.11. The van der Waals surface area contributed by atoms with Crippen LogP contribution in [0.4, 0.5) is 0 Å². The van der Waals surface area contributed by atoms with Crippen molar-refractivity contribution in [2.45, 2.75) is 25.7 Å². The molecule has 4 heteroatoms. The third-order valence-electron chi connectivity index (χ3n) is 1.06. The summed E-state index contributed by atoms with van der Waals surface area (Å²) in [6.45, 7) is 4.20. The number of carboxylic acids is 1. The highest BCUT2D eigenvalue weighted by Crippen LogP contribution is 1.95. The van der Waals surface area contributed by atoms with Gasteiger partial charge in [0.1, 0.15) is 0 Å². The Bertz CT molecular complexity index is 116. The SMILES string of the molecule is [B]C(CNC(C)C)C(=O)O. The van der Waals surface area contributed by atoms with Crippen LogP contribution in [-0.2, 0) is 4.79 Å². The molecule has 0 saturated carbocycles. The zero-order valence-electron chi connectivity index (χ0n) is 6.29. The van der Waals surface area contributed by atoms with Gasteiger partial charge in [-0.1, -0.05) is 13.8 Å². The first-order valence-corrected chi connectivity index (χ1v) is 3.25. The molecule has 1 atom stereocenters. The van der Waals surface area contributed by atoms with Crippen molar-refractivity contribution in [1.82, 2.24) is 5.32 Å². The van der Waals surface area contributed by atoms with E-state index in [4.69, 9.17) is 13.0 Å². The van der Waals surface area contributed by atoms with E-state index in [2.05, 4.69) is 5.32 Å². The molecule has 2 radical (unpaired) electrons. The van der Waals surface area contributed by atoms with Crippen molar-refractivity contribution in [3.63, 3.8) is 0 Å². The van der Waals surface area contributed by atoms with E-state index in [0.29, 0.717) is 6.54 Å². The van der Waals surface area contributed by atoms with Gasteiger partial charge in [0.2, 0.25) is 0 Å². The lowest BCUT2D eigenvalue weighted by Crippen LogP contribution is -2.29. The molecule has 0 spiro atoms. The standard InChI is InChI=1S/C6H12BNO2/c1-4(2)8-3-5(7)6(9)10/h4-5,8H,3H2,1-2H3,(H,9,10). The molecule has 0 aromatic carbocycles. The van der Waals surface area contributed by atoms with Crippen LogP contribution in [0.5, 0.6) is 0 Å². The van der Waals surface area contributed by atoms with Crippen LogP contribution in [0.2, 0.25) is 5.82 Å². The molecule has 0 amide bonds. The van der Waals surface area contributed by atoms with E-state index in [-0.39, 0.29) is 6.04 Å². The molecule has 0 saturated heterocycles. The minimum Gasteiger partial charge on any atom is -0.482 e. The van der Waals surface area contributed by atoms with Gasteiger partial charge in [0, 0.05) is 18.4 Å². The van der Waals surface area contributed by atoms with Crippen molar-refractivity contribution >= 4 is 13.8 Å². The number of aliphatic carboxylic acids is 1. The van der Waals surface area contributed by atoms with E-state index in [9.17, 15) is 4.79 Å². The van der Waals surface area contributed by atoms with Gasteiger partial charge in [0.05, 0.1) is 7.85 Å². The van der Waals surface area contributed by atoms with Crippen molar-refractivity contribution in [2.75, 3.05) is 6.54 Å². The van der Waals surface area contributed by atoms with E-state index in [1.807, 2.05) is 13.8 Å². The number of nitrogens with one attached hydrogen (secondary N) is 1. The van der Waals surface area contributed by atoms with Gasteiger partial charge >= 0.3 is 0 Å². The first-order chi connectivity index (χ1) is 4.54. The fourth-order valence-corrected chi connectivity index (χ4v) is 0.450. The van der Waals surface area contributed by atoms with Crippen LogP contribution >= 0.6 is 0 Å². The Hall–Kier alpha value is -0.505. The van der Waals surface area contributed by atoms with Crippen LogP contribution in [-0.4, -0.2) is 31.5 Å². The monoisotopic (exact) mass is 141 g/mol. The van der Waals surface area contributed by atoms with Gasteiger partial charge in [-0.3, -0.25) is 4.79 Å². The number of carboxylic acid groups (broad SMARTS) is 1. The average molecular weight is 141 g/mol. The van der Waals surface area contributed by atoms with Crippen LogP contribution in [0.25, 0.3) is 0 Å². The van der Waals surface area contributed by atoms with E-state index in [0.717, 1.165) is 0 Å². The number of hydrogen-bond donors (Lipinski definition) is 2. The lowest BCUT2D eigenvalue weighted by atomic mass is 9.87. The molecule has 0 rings (SSSR count). The highest BCUT2D eigenvalue weighted by Gasteiger charge is 2.09. The maximum Gasteiger partial charge on any atom is 0.298 e. The Balaban J connectivity index is 3.40. The molecule has 0 aromatic rings. The lowest BCUT2D eigenvalue weighted by molar-refractivity contribution is -0.136. The summed E-state index contributed by atoms with van der Waals surface area (Å²) in [5.74, 6) is -1.75. The summed E-state index contributed by atoms with van der Waals surface area (Å²) in [6.07, 6.45) is 0. The largest absolute Gasteiger partial charge is 0.482 e. The van der Waals surface area contributed by atoms with E-state index < -0.39 is 11.8 Å². The lowest BCUT2D eigenvalue weighted by Gasteiger charge is -2.10. The highest BCUT2D eigenvalue weighted by atomic mass is 16.4. The molecule has 0 heterocycles. The van der Waals surface area contributed by atoms with Crippen LogP contribution < -0.4 is 5.32 Å². The van der Waals surface area contributed by atoms with Crippen molar-refractivity contribution in [2.24, 2.45) is 0 Å². The molecule has 2 N–H and O–H groups in total. The predicted molar refractivity (Wildman–Crippen MR) is 40.3 cm³/mol. The van der Waals surface area contributed by atoms with Crippen LogP contribution in [0.1, 0.15) is 13.8 Å². The summed E-state index contributed by atoms with van der Waals surface area (Å²) in [6, 6.07) is 0.283. The fourth-order valence-electron chi connectivity index (χ4n) is 0.450. The maximum absolute atomic E-state index is 10.1. The Morgan fingerprint density at radius 3 is 2.50 bits per heavy atom. The molecular weight excluding hydrogens is 129 g/mol. The van der Waals surface area contributed by atoms with Crippen LogP contribution in [0.3, 0.4) is 0 Å². The Morgan fingerprint density at radius 1 is 1.70 bits per heavy atom. The zero-order chi connectivity index (χ0) is 8.15. The molecule has 0 fully saturated rings. The van der Waals surface area contributed by atoms with Gasteiger partial charge in [-0.25, -0.2) is 0 Å². The van der Waals surface area contributed by atoms with Crippen molar-refractivity contribution in [3.8, 4) is 0 Å². The third kappa shape index (κ3) is 4.38. The summed E-state index contributed by atoms with van der Waals surface area (Å²) in [4.78, 5) is 10.1. The van der Waals surface area contributed by atoms with E-state index in [1.54, 1.807) is 0 Å². The number of carbonyl (C=O) groups is 1. The topological polar surface area (TPSA) is 49.3 Å². The van der Waals surface area contributed by atoms with Crippen LogP contribution in [0.15, 0.2) is 0 Å². The van der Waals surface area contributed by atoms with Crippen molar-refractivity contribution < 1.29 is 9.90 Å². The Labute approximate surface area is 62.2 Å². The Morgan fingerprint density at radius 2 is 2.20 bits per heavy atom. The molecule has 0 aliphatic carbocycles. The van der Waals surface area contributed by atoms with Gasteiger partial charge < -0.3 is 10.4 Å². The first-order valence-electron chi connectivity index (χ1n) is 3.25. The minimum atomic E-state index is -0.965. The van der Waals surface area contributed by atoms with Gasteiger partial charge in [0.15, 0.2) is 0 Å². The molecule has 0 aliphatic heterocycles. The second-order valence-corrected chi connectivity index (χ2v) is 2.51. The highest BCUT2D eigenvalue weighted by molar-refractivity contribution is 6.22.